The average molecular weight is 576 g/mol. The number of aliphatic hydroxyl groups excluding tert-OH is 1. The predicted octanol–water partition coefficient (Wildman–Crippen LogP) is 6.16. The van der Waals surface area contributed by atoms with Crippen molar-refractivity contribution in [2.45, 2.75) is 58.3 Å². The summed E-state index contributed by atoms with van der Waals surface area (Å²) in [7, 11) is 1.57. The van der Waals surface area contributed by atoms with Crippen LogP contribution in [-0.2, 0) is 10.2 Å². The zero-order valence-electron chi connectivity index (χ0n) is 23.3. The first-order valence-corrected chi connectivity index (χ1v) is 13.2. The lowest BCUT2D eigenvalue weighted by Crippen LogP contribution is -2.42. The van der Waals surface area contributed by atoms with Crippen molar-refractivity contribution in [3.8, 4) is 22.6 Å². The van der Waals surface area contributed by atoms with Gasteiger partial charge in [-0.1, -0.05) is 24.3 Å². The molecule has 0 bridgehead atoms. The van der Waals surface area contributed by atoms with Crippen molar-refractivity contribution in [2.75, 3.05) is 30.0 Å². The van der Waals surface area contributed by atoms with Crippen molar-refractivity contribution < 1.29 is 36.9 Å². The fraction of sp³-hybridized carbons (Fsp3) is 0.400. The molecule has 2 heterocycles. The molecule has 1 amide bonds. The quantitative estimate of drug-likeness (QED) is 0.292. The molecule has 0 aliphatic carbocycles. The number of carbonyl (C=O) groups excluding carboxylic acids is 1. The van der Waals surface area contributed by atoms with E-state index in [1.54, 1.807) is 27.1 Å². The molecule has 2 aromatic carbocycles. The van der Waals surface area contributed by atoms with Gasteiger partial charge in [-0.05, 0) is 68.5 Å². The zero-order valence-corrected chi connectivity index (χ0v) is 23.3. The SMILES string of the molecule is Cc1ccccc1-c1cc(N2CCC[C@H]2CO)ncc1N(C)C(=O)C(C)(C)c1cc(OC(F)F)cc(OC(F)F)c1. The molecule has 0 unspecified atom stereocenters. The van der Waals surface area contributed by atoms with Crippen LogP contribution in [0.4, 0.5) is 29.1 Å². The summed E-state index contributed by atoms with van der Waals surface area (Å²) in [6, 6.07) is 12.9. The van der Waals surface area contributed by atoms with E-state index in [9.17, 15) is 27.5 Å². The van der Waals surface area contributed by atoms with E-state index >= 15 is 0 Å². The number of amides is 1. The van der Waals surface area contributed by atoms with Crippen LogP contribution in [-0.4, -0.2) is 55.5 Å². The normalized spacial score (nSPS) is 15.5. The lowest BCUT2D eigenvalue weighted by atomic mass is 9.82. The van der Waals surface area contributed by atoms with Gasteiger partial charge in [-0.15, -0.1) is 0 Å². The van der Waals surface area contributed by atoms with Gasteiger partial charge in [0.2, 0.25) is 5.91 Å². The van der Waals surface area contributed by atoms with Crippen molar-refractivity contribution in [1.29, 1.82) is 0 Å². The lowest BCUT2D eigenvalue weighted by molar-refractivity contribution is -0.122. The number of aromatic nitrogens is 1. The molecular formula is C30H33F4N3O4. The molecule has 1 aliphatic rings. The van der Waals surface area contributed by atoms with Gasteiger partial charge in [-0.3, -0.25) is 4.79 Å². The lowest BCUT2D eigenvalue weighted by Gasteiger charge is -2.32. The van der Waals surface area contributed by atoms with Crippen molar-refractivity contribution >= 4 is 17.4 Å². The van der Waals surface area contributed by atoms with Gasteiger partial charge in [0.05, 0.1) is 29.9 Å². The molecule has 3 aromatic rings. The largest absolute Gasteiger partial charge is 0.435 e. The van der Waals surface area contributed by atoms with Gasteiger partial charge in [-0.25, -0.2) is 4.98 Å². The van der Waals surface area contributed by atoms with E-state index in [1.807, 2.05) is 37.3 Å². The fourth-order valence-corrected chi connectivity index (χ4v) is 5.21. The number of benzene rings is 2. The minimum absolute atomic E-state index is 0.00130. The maximum absolute atomic E-state index is 14.0. The molecule has 1 aliphatic heterocycles. The summed E-state index contributed by atoms with van der Waals surface area (Å²) in [6.07, 6.45) is 3.36. The first-order chi connectivity index (χ1) is 19.4. The topological polar surface area (TPSA) is 75.1 Å². The highest BCUT2D eigenvalue weighted by Crippen LogP contribution is 2.39. The van der Waals surface area contributed by atoms with Gasteiger partial charge in [0, 0.05) is 25.2 Å². The number of aryl methyl sites for hydroxylation is 1. The number of nitrogens with zero attached hydrogens (tertiary/aromatic N) is 3. The van der Waals surface area contributed by atoms with Gasteiger partial charge >= 0.3 is 13.2 Å². The van der Waals surface area contributed by atoms with E-state index in [2.05, 4.69) is 19.4 Å². The molecule has 0 radical (unpaired) electrons. The number of aliphatic hydroxyl groups is 1. The van der Waals surface area contributed by atoms with Gasteiger partial charge in [0.25, 0.3) is 0 Å². The number of ether oxygens (including phenoxy) is 2. The van der Waals surface area contributed by atoms with Crippen molar-refractivity contribution in [1.82, 2.24) is 4.98 Å². The third kappa shape index (κ3) is 6.56. The fourth-order valence-electron chi connectivity index (χ4n) is 5.21. The Morgan fingerprint density at radius 1 is 1.07 bits per heavy atom. The summed E-state index contributed by atoms with van der Waals surface area (Å²) in [5.74, 6) is -0.595. The summed E-state index contributed by atoms with van der Waals surface area (Å²) >= 11 is 0. The Hall–Kier alpha value is -3.86. The zero-order chi connectivity index (χ0) is 29.9. The standard InChI is InChI=1S/C30H33F4N3O4/c1-18-8-5-6-10-23(18)24-15-26(37-11-7-9-20(37)17-38)35-16-25(24)36(4)27(39)30(2,3)19-12-21(40-28(31)32)14-22(13-19)41-29(33)34/h5-6,8,10,12-16,20,28-29,38H,7,9,11,17H2,1-4H3/t20-/m0/s1. The third-order valence-electron chi connectivity index (χ3n) is 7.44. The molecule has 41 heavy (non-hydrogen) atoms. The molecule has 0 spiro atoms. The number of hydrogen-bond acceptors (Lipinski definition) is 6. The van der Waals surface area contributed by atoms with Crippen molar-refractivity contribution in [2.24, 2.45) is 0 Å². The van der Waals surface area contributed by atoms with E-state index in [0.717, 1.165) is 42.1 Å². The Balaban J connectivity index is 1.77. The number of likely N-dealkylation sites (N-methyl/N-ethyl adjacent to an activating group) is 1. The number of pyridine rings is 1. The Morgan fingerprint density at radius 2 is 1.71 bits per heavy atom. The van der Waals surface area contributed by atoms with Crippen LogP contribution in [0.5, 0.6) is 11.5 Å². The van der Waals surface area contributed by atoms with Crippen LogP contribution in [0.3, 0.4) is 0 Å². The van der Waals surface area contributed by atoms with E-state index in [0.29, 0.717) is 11.5 Å². The summed E-state index contributed by atoms with van der Waals surface area (Å²) in [6.45, 7) is -0.582. The maximum Gasteiger partial charge on any atom is 0.387 e. The monoisotopic (exact) mass is 575 g/mol. The Morgan fingerprint density at radius 3 is 2.29 bits per heavy atom. The second-order valence-electron chi connectivity index (χ2n) is 10.5. The van der Waals surface area contributed by atoms with Crippen LogP contribution in [0.15, 0.2) is 54.7 Å². The summed E-state index contributed by atoms with van der Waals surface area (Å²) < 4.78 is 60.8. The molecule has 1 aromatic heterocycles. The second-order valence-corrected chi connectivity index (χ2v) is 10.5. The van der Waals surface area contributed by atoms with Gasteiger partial charge in [0.1, 0.15) is 17.3 Å². The molecule has 1 saturated heterocycles. The molecule has 1 fully saturated rings. The van der Waals surface area contributed by atoms with Crippen molar-refractivity contribution in [3.05, 3.63) is 65.9 Å². The highest BCUT2D eigenvalue weighted by atomic mass is 19.3. The third-order valence-corrected chi connectivity index (χ3v) is 7.44. The van der Waals surface area contributed by atoms with Crippen LogP contribution in [0.1, 0.15) is 37.8 Å². The summed E-state index contributed by atoms with van der Waals surface area (Å²) in [4.78, 5) is 22.1. The van der Waals surface area contributed by atoms with Crippen LogP contribution in [0, 0.1) is 6.92 Å². The minimum atomic E-state index is -3.20. The van der Waals surface area contributed by atoms with Gasteiger partial charge in [-0.2, -0.15) is 17.6 Å². The highest BCUT2D eigenvalue weighted by molar-refractivity contribution is 6.03. The van der Waals surface area contributed by atoms with Crippen LogP contribution in [0.25, 0.3) is 11.1 Å². The summed E-state index contributed by atoms with van der Waals surface area (Å²) in [5.41, 5.74) is 1.84. The minimum Gasteiger partial charge on any atom is -0.435 e. The van der Waals surface area contributed by atoms with E-state index in [1.165, 1.54) is 17.0 Å². The molecule has 4 rings (SSSR count). The van der Waals surface area contributed by atoms with E-state index in [-0.39, 0.29) is 18.2 Å². The Bertz CT molecular complexity index is 1360. The van der Waals surface area contributed by atoms with Crippen LogP contribution < -0.4 is 19.3 Å². The van der Waals surface area contributed by atoms with E-state index in [4.69, 9.17) is 0 Å². The Labute approximate surface area is 236 Å². The number of carbonyl (C=O) groups is 1. The molecule has 1 atom stereocenters. The smallest absolute Gasteiger partial charge is 0.387 e. The summed E-state index contributed by atoms with van der Waals surface area (Å²) in [5, 5.41) is 9.85. The van der Waals surface area contributed by atoms with E-state index < -0.39 is 36.0 Å². The Kier molecular flexibility index (Phi) is 9.06. The van der Waals surface area contributed by atoms with Crippen LogP contribution in [0.2, 0.25) is 0 Å². The number of alkyl halides is 4. The number of anilines is 2. The molecule has 0 saturated carbocycles. The van der Waals surface area contributed by atoms with Gasteiger partial charge < -0.3 is 24.4 Å². The first kappa shape index (κ1) is 30.1. The van der Waals surface area contributed by atoms with Crippen molar-refractivity contribution in [3.63, 3.8) is 0 Å². The number of halogens is 4. The maximum atomic E-state index is 14.0. The number of rotatable bonds is 10. The molecule has 11 heteroatoms. The highest BCUT2D eigenvalue weighted by Gasteiger charge is 2.36. The number of hydrogen-bond donors (Lipinski definition) is 1. The molecular weight excluding hydrogens is 542 g/mol. The molecule has 1 N–H and O–H groups in total. The second kappa shape index (κ2) is 12.3. The molecule has 220 valence electrons. The first-order valence-electron chi connectivity index (χ1n) is 13.2. The van der Waals surface area contributed by atoms with Crippen LogP contribution >= 0.6 is 0 Å². The predicted molar refractivity (Wildman–Crippen MR) is 148 cm³/mol. The average Bonchev–Trinajstić information content (AvgIpc) is 3.40. The van der Waals surface area contributed by atoms with Gasteiger partial charge in [0.15, 0.2) is 0 Å². The molecule has 7 nitrogen and oxygen atoms in total.